The van der Waals surface area contributed by atoms with Crippen LogP contribution in [0, 0.1) is 5.92 Å². The summed E-state index contributed by atoms with van der Waals surface area (Å²) in [5.74, 6) is -0.793. The molecule has 0 amide bonds. The minimum atomic E-state index is -0.711. The predicted octanol–water partition coefficient (Wildman–Crippen LogP) is 2.58. The lowest BCUT2D eigenvalue weighted by atomic mass is 9.84. The predicted molar refractivity (Wildman–Crippen MR) is 69.6 cm³/mol. The van der Waals surface area contributed by atoms with Gasteiger partial charge < -0.3 is 10.2 Å². The molecule has 0 heterocycles. The molecule has 2 rings (SSSR count). The van der Waals surface area contributed by atoms with E-state index >= 15 is 0 Å². The van der Waals surface area contributed by atoms with Crippen LogP contribution in [0.5, 0.6) is 0 Å². The van der Waals surface area contributed by atoms with E-state index in [1.54, 1.807) is 0 Å². The van der Waals surface area contributed by atoms with Gasteiger partial charge in [0, 0.05) is 6.61 Å². The Hall–Kier alpha value is -1.35. The normalized spacial score (nSPS) is 17.8. The van der Waals surface area contributed by atoms with E-state index in [1.807, 2.05) is 24.3 Å². The average Bonchev–Trinajstić information content (AvgIpc) is 2.85. The van der Waals surface area contributed by atoms with Gasteiger partial charge in [-0.3, -0.25) is 4.79 Å². The van der Waals surface area contributed by atoms with Crippen LogP contribution in [0.2, 0.25) is 0 Å². The molecule has 1 unspecified atom stereocenters. The smallest absolute Gasteiger partial charge is 0.311 e. The number of hydrogen-bond acceptors (Lipinski definition) is 2. The second kappa shape index (κ2) is 6.01. The molecule has 98 valence electrons. The summed E-state index contributed by atoms with van der Waals surface area (Å²) in [4.78, 5) is 11.5. The van der Waals surface area contributed by atoms with Crippen LogP contribution in [-0.2, 0) is 11.2 Å². The number of carboxylic acids is 1. The van der Waals surface area contributed by atoms with Gasteiger partial charge in [0.2, 0.25) is 0 Å². The third-order valence-corrected chi connectivity index (χ3v) is 3.88. The summed E-state index contributed by atoms with van der Waals surface area (Å²) in [6.45, 7) is 0.129. The van der Waals surface area contributed by atoms with E-state index in [0.29, 0.717) is 6.42 Å². The molecule has 1 atom stereocenters. The van der Waals surface area contributed by atoms with Gasteiger partial charge in [-0.15, -0.1) is 0 Å². The van der Waals surface area contributed by atoms with Crippen molar-refractivity contribution in [1.29, 1.82) is 0 Å². The number of hydrogen-bond donors (Lipinski definition) is 2. The molecule has 0 spiro atoms. The number of carbonyl (C=O) groups is 1. The molecule has 0 aliphatic heterocycles. The van der Waals surface area contributed by atoms with E-state index < -0.39 is 5.97 Å². The van der Waals surface area contributed by atoms with Crippen LogP contribution in [0.1, 0.15) is 42.7 Å². The highest BCUT2D eigenvalue weighted by Crippen LogP contribution is 2.37. The lowest BCUT2D eigenvalue weighted by Gasteiger charge is -2.19. The number of aliphatic hydroxyl groups is 1. The highest BCUT2D eigenvalue weighted by molar-refractivity contribution is 5.76. The van der Waals surface area contributed by atoms with Gasteiger partial charge in [0.25, 0.3) is 0 Å². The van der Waals surface area contributed by atoms with E-state index in [0.717, 1.165) is 36.8 Å². The largest absolute Gasteiger partial charge is 0.481 e. The Morgan fingerprint density at radius 2 is 1.83 bits per heavy atom. The van der Waals surface area contributed by atoms with E-state index in [9.17, 15) is 9.90 Å². The maximum absolute atomic E-state index is 11.5. The van der Waals surface area contributed by atoms with Crippen LogP contribution in [0.4, 0.5) is 0 Å². The SMILES string of the molecule is O=C(O)C(c1ccc(CCO)cc1)C1CCCC1. The lowest BCUT2D eigenvalue weighted by Crippen LogP contribution is -2.19. The Kier molecular flexibility index (Phi) is 4.37. The standard InChI is InChI=1S/C15H20O3/c16-10-9-11-5-7-13(8-6-11)14(15(17)18)12-3-1-2-4-12/h5-8,12,14,16H,1-4,9-10H2,(H,17,18). The fourth-order valence-electron chi connectivity index (χ4n) is 2.93. The third kappa shape index (κ3) is 2.91. The highest BCUT2D eigenvalue weighted by Gasteiger charge is 2.31. The van der Waals surface area contributed by atoms with Crippen molar-refractivity contribution >= 4 is 5.97 Å². The fraction of sp³-hybridized carbons (Fsp3) is 0.533. The van der Waals surface area contributed by atoms with Gasteiger partial charge in [-0.1, -0.05) is 37.1 Å². The van der Waals surface area contributed by atoms with Gasteiger partial charge in [0.15, 0.2) is 0 Å². The molecule has 0 bridgehead atoms. The van der Waals surface area contributed by atoms with Gasteiger partial charge in [-0.25, -0.2) is 0 Å². The van der Waals surface area contributed by atoms with Crippen LogP contribution in [0.15, 0.2) is 24.3 Å². The summed E-state index contributed by atoms with van der Waals surface area (Å²) in [5.41, 5.74) is 1.95. The molecule has 0 radical (unpaired) electrons. The molecule has 3 heteroatoms. The topological polar surface area (TPSA) is 57.5 Å². The molecule has 0 aromatic heterocycles. The molecule has 1 saturated carbocycles. The number of aliphatic hydroxyl groups excluding tert-OH is 1. The molecular formula is C15H20O3. The molecule has 2 N–H and O–H groups in total. The molecule has 3 nitrogen and oxygen atoms in total. The first-order valence-corrected chi connectivity index (χ1v) is 6.65. The first-order valence-electron chi connectivity index (χ1n) is 6.65. The maximum atomic E-state index is 11.5. The van der Waals surface area contributed by atoms with Crippen LogP contribution in [0.25, 0.3) is 0 Å². The Bertz CT molecular complexity index is 391. The van der Waals surface area contributed by atoms with Crippen molar-refractivity contribution in [3.63, 3.8) is 0 Å². The molecule has 1 aliphatic carbocycles. The summed E-state index contributed by atoms with van der Waals surface area (Å²) in [5, 5.41) is 18.3. The molecule has 1 aliphatic rings. The van der Waals surface area contributed by atoms with Crippen LogP contribution in [-0.4, -0.2) is 22.8 Å². The van der Waals surface area contributed by atoms with E-state index in [4.69, 9.17) is 5.11 Å². The summed E-state index contributed by atoms with van der Waals surface area (Å²) < 4.78 is 0. The minimum Gasteiger partial charge on any atom is -0.481 e. The first kappa shape index (κ1) is 13.1. The van der Waals surface area contributed by atoms with Crippen molar-refractivity contribution in [2.75, 3.05) is 6.61 Å². The number of aliphatic carboxylic acids is 1. The van der Waals surface area contributed by atoms with Crippen molar-refractivity contribution in [1.82, 2.24) is 0 Å². The van der Waals surface area contributed by atoms with Gasteiger partial charge >= 0.3 is 5.97 Å². The average molecular weight is 248 g/mol. The molecule has 1 aromatic carbocycles. The third-order valence-electron chi connectivity index (χ3n) is 3.88. The second-order valence-electron chi connectivity index (χ2n) is 5.08. The maximum Gasteiger partial charge on any atom is 0.311 e. The quantitative estimate of drug-likeness (QED) is 0.842. The number of rotatable bonds is 5. The summed E-state index contributed by atoms with van der Waals surface area (Å²) >= 11 is 0. The Morgan fingerprint density at radius 3 is 2.33 bits per heavy atom. The molecule has 18 heavy (non-hydrogen) atoms. The van der Waals surface area contributed by atoms with E-state index in [1.165, 1.54) is 0 Å². The molecular weight excluding hydrogens is 228 g/mol. The first-order chi connectivity index (χ1) is 8.72. The fourth-order valence-corrected chi connectivity index (χ4v) is 2.93. The zero-order valence-corrected chi connectivity index (χ0v) is 10.5. The highest BCUT2D eigenvalue weighted by atomic mass is 16.4. The van der Waals surface area contributed by atoms with Crippen molar-refractivity contribution in [3.05, 3.63) is 35.4 Å². The van der Waals surface area contributed by atoms with Crippen LogP contribution < -0.4 is 0 Å². The van der Waals surface area contributed by atoms with Gasteiger partial charge in [-0.2, -0.15) is 0 Å². The van der Waals surface area contributed by atoms with E-state index in [2.05, 4.69) is 0 Å². The van der Waals surface area contributed by atoms with Gasteiger partial charge in [-0.05, 0) is 36.3 Å². The molecule has 1 aromatic rings. The van der Waals surface area contributed by atoms with Crippen molar-refractivity contribution in [2.45, 2.75) is 38.0 Å². The minimum absolute atomic E-state index is 0.129. The van der Waals surface area contributed by atoms with Crippen molar-refractivity contribution in [3.8, 4) is 0 Å². The zero-order valence-electron chi connectivity index (χ0n) is 10.5. The van der Waals surface area contributed by atoms with Crippen molar-refractivity contribution in [2.24, 2.45) is 5.92 Å². The molecule has 0 saturated heterocycles. The van der Waals surface area contributed by atoms with Gasteiger partial charge in [0.1, 0.15) is 0 Å². The van der Waals surface area contributed by atoms with E-state index in [-0.39, 0.29) is 18.4 Å². The van der Waals surface area contributed by atoms with Crippen molar-refractivity contribution < 1.29 is 15.0 Å². The Morgan fingerprint density at radius 1 is 1.22 bits per heavy atom. The monoisotopic (exact) mass is 248 g/mol. The molecule has 1 fully saturated rings. The van der Waals surface area contributed by atoms with Crippen LogP contribution >= 0.6 is 0 Å². The Labute approximate surface area is 107 Å². The number of carboxylic acid groups (broad SMARTS) is 1. The second-order valence-corrected chi connectivity index (χ2v) is 5.08. The lowest BCUT2D eigenvalue weighted by molar-refractivity contribution is -0.140. The summed E-state index contributed by atoms with van der Waals surface area (Å²) in [6.07, 6.45) is 4.97. The van der Waals surface area contributed by atoms with Crippen LogP contribution in [0.3, 0.4) is 0 Å². The zero-order chi connectivity index (χ0) is 13.0. The summed E-state index contributed by atoms with van der Waals surface area (Å²) in [7, 11) is 0. The van der Waals surface area contributed by atoms with Gasteiger partial charge in [0.05, 0.1) is 5.92 Å². The number of benzene rings is 1. The Balaban J connectivity index is 2.17. The summed E-state index contributed by atoms with van der Waals surface area (Å²) in [6, 6.07) is 7.66.